The highest BCUT2D eigenvalue weighted by Crippen LogP contribution is 2.30. The Kier molecular flexibility index (Phi) is 4.63. The van der Waals surface area contributed by atoms with E-state index in [9.17, 15) is 14.8 Å². The smallest absolute Gasteiger partial charge is 0.223 e. The summed E-state index contributed by atoms with van der Waals surface area (Å²) in [5, 5.41) is 14.9. The monoisotopic (exact) mass is 381 g/mol. The molecule has 2 heterocycles. The van der Waals surface area contributed by atoms with Crippen molar-refractivity contribution in [2.75, 3.05) is 0 Å². The average molecular weight is 381 g/mol. The van der Waals surface area contributed by atoms with Gasteiger partial charge < -0.3 is 9.67 Å². The molecule has 2 aromatic heterocycles. The second-order valence-corrected chi connectivity index (χ2v) is 6.45. The van der Waals surface area contributed by atoms with Crippen molar-refractivity contribution in [2.45, 2.75) is 6.04 Å². The van der Waals surface area contributed by atoms with E-state index in [1.807, 2.05) is 42.5 Å². The van der Waals surface area contributed by atoms with Crippen molar-refractivity contribution in [1.82, 2.24) is 9.55 Å². The van der Waals surface area contributed by atoms with Crippen molar-refractivity contribution in [3.8, 4) is 34.9 Å². The van der Waals surface area contributed by atoms with Crippen molar-refractivity contribution < 1.29 is 5.11 Å². The molecule has 0 aliphatic carbocycles. The Morgan fingerprint density at radius 3 is 2.72 bits per heavy atom. The van der Waals surface area contributed by atoms with Gasteiger partial charge in [-0.15, -0.1) is 11.3 Å². The van der Waals surface area contributed by atoms with Crippen LogP contribution < -0.4 is 5.43 Å². The molecule has 0 spiro atoms. The first-order chi connectivity index (χ1) is 14.1. The molecule has 0 aliphatic heterocycles. The van der Waals surface area contributed by atoms with Crippen molar-refractivity contribution in [3.05, 3.63) is 94.0 Å². The summed E-state index contributed by atoms with van der Waals surface area (Å²) in [6.45, 7) is 0. The number of pyridine rings is 2. The molecule has 0 aliphatic rings. The molecule has 2 aromatic carbocycles. The van der Waals surface area contributed by atoms with Crippen molar-refractivity contribution >= 4 is 10.8 Å². The lowest BCUT2D eigenvalue weighted by molar-refractivity contribution is 0.464. The summed E-state index contributed by atoms with van der Waals surface area (Å²) in [6.07, 6.45) is 10.2. The van der Waals surface area contributed by atoms with Gasteiger partial charge in [0.05, 0.1) is 11.9 Å². The second kappa shape index (κ2) is 7.41. The number of hydrogen-bond donors (Lipinski definition) is 1. The van der Waals surface area contributed by atoms with Gasteiger partial charge in [-0.1, -0.05) is 42.3 Å². The lowest BCUT2D eigenvalue weighted by Crippen LogP contribution is -2.13. The van der Waals surface area contributed by atoms with E-state index in [0.29, 0.717) is 5.69 Å². The average Bonchev–Trinajstić information content (AvgIpc) is 2.76. The molecule has 1 unspecified atom stereocenters. The van der Waals surface area contributed by atoms with Crippen molar-refractivity contribution in [3.63, 3.8) is 0 Å². The molecular weight excluding hydrogens is 366 g/mol. The van der Waals surface area contributed by atoms with Gasteiger partial charge in [0.25, 0.3) is 0 Å². The molecule has 1 atom stereocenters. The van der Waals surface area contributed by atoms with Gasteiger partial charge in [-0.25, -0.2) is 0 Å². The quantitative estimate of drug-likeness (QED) is 0.424. The Morgan fingerprint density at radius 1 is 1.10 bits per heavy atom. The van der Waals surface area contributed by atoms with Crippen LogP contribution in [0.4, 0.5) is 0 Å². The van der Waals surface area contributed by atoms with Crippen LogP contribution in [0.3, 0.4) is 0 Å². The van der Waals surface area contributed by atoms with Gasteiger partial charge in [0, 0.05) is 35.1 Å². The van der Waals surface area contributed by atoms with Crippen molar-refractivity contribution in [2.24, 2.45) is 5.18 Å². The molecule has 0 saturated carbocycles. The van der Waals surface area contributed by atoms with Gasteiger partial charge >= 0.3 is 0 Å². The number of hydrogen-bond acceptors (Lipinski definition) is 5. The lowest BCUT2D eigenvalue weighted by atomic mass is 10.0. The van der Waals surface area contributed by atoms with Crippen LogP contribution in [0.1, 0.15) is 11.7 Å². The topological polar surface area (TPSA) is 84.5 Å². The maximum Gasteiger partial charge on any atom is 0.223 e. The van der Waals surface area contributed by atoms with Crippen LogP contribution in [0, 0.1) is 17.3 Å². The van der Waals surface area contributed by atoms with E-state index >= 15 is 0 Å². The third kappa shape index (κ3) is 3.26. The molecule has 0 amide bonds. The van der Waals surface area contributed by atoms with E-state index in [-0.39, 0.29) is 5.69 Å². The largest absolute Gasteiger partial charge is 0.503 e. The number of aromatic nitrogens is 2. The number of nitrogens with zero attached hydrogens (tertiary/aromatic N) is 3. The Balaban J connectivity index is 1.93. The Labute approximate surface area is 166 Å². The molecule has 0 radical (unpaired) electrons. The molecule has 140 valence electrons. The fourth-order valence-corrected chi connectivity index (χ4v) is 3.31. The zero-order chi connectivity index (χ0) is 20.4. The van der Waals surface area contributed by atoms with Gasteiger partial charge in [0.1, 0.15) is 0 Å². The summed E-state index contributed by atoms with van der Waals surface area (Å²) < 4.78 is 1.50. The molecule has 0 fully saturated rings. The summed E-state index contributed by atoms with van der Waals surface area (Å²) in [7, 11) is 0. The maximum absolute atomic E-state index is 11.9. The summed E-state index contributed by atoms with van der Waals surface area (Å²) in [5.41, 5.74) is 2.00. The van der Waals surface area contributed by atoms with E-state index in [1.54, 1.807) is 18.5 Å². The van der Waals surface area contributed by atoms with Crippen LogP contribution >= 0.6 is 0 Å². The number of benzene rings is 2. The Morgan fingerprint density at radius 2 is 1.93 bits per heavy atom. The minimum atomic E-state index is -1.16. The SMILES string of the molecule is C#CC(N=O)c1cc(=O)c(O)cn1-c1cccc(-c2cncc3ccccc23)c1. The van der Waals surface area contributed by atoms with Gasteiger partial charge in [0.2, 0.25) is 5.43 Å². The minimum Gasteiger partial charge on any atom is -0.503 e. The number of fused-ring (bicyclic) bond motifs is 1. The van der Waals surface area contributed by atoms with Gasteiger partial charge in [-0.05, 0) is 28.3 Å². The van der Waals surface area contributed by atoms with Crippen LogP contribution in [0.5, 0.6) is 5.75 Å². The molecule has 4 aromatic rings. The van der Waals surface area contributed by atoms with Crippen LogP contribution in [0.25, 0.3) is 27.6 Å². The summed E-state index contributed by atoms with van der Waals surface area (Å²) >= 11 is 0. The number of nitroso groups, excluding NO2 is 1. The number of aromatic hydroxyl groups is 1. The lowest BCUT2D eigenvalue weighted by Gasteiger charge is -2.16. The van der Waals surface area contributed by atoms with E-state index in [0.717, 1.165) is 28.0 Å². The highest BCUT2D eigenvalue weighted by Gasteiger charge is 2.17. The molecule has 0 saturated heterocycles. The number of terminal acetylenes is 1. The van der Waals surface area contributed by atoms with Crippen molar-refractivity contribution in [1.29, 1.82) is 0 Å². The molecule has 29 heavy (non-hydrogen) atoms. The van der Waals surface area contributed by atoms with E-state index in [4.69, 9.17) is 6.42 Å². The molecule has 0 bridgehead atoms. The first-order valence-corrected chi connectivity index (χ1v) is 8.80. The molecule has 6 heteroatoms. The molecule has 4 rings (SSSR count). The van der Waals surface area contributed by atoms with Crippen LogP contribution in [0.15, 0.2) is 83.2 Å². The first kappa shape index (κ1) is 18.1. The van der Waals surface area contributed by atoms with E-state index < -0.39 is 17.2 Å². The molecule has 1 N–H and O–H groups in total. The predicted molar refractivity (Wildman–Crippen MR) is 112 cm³/mol. The second-order valence-electron chi connectivity index (χ2n) is 6.45. The fourth-order valence-electron chi connectivity index (χ4n) is 3.31. The van der Waals surface area contributed by atoms with Gasteiger partial charge in [0.15, 0.2) is 11.8 Å². The highest BCUT2D eigenvalue weighted by molar-refractivity contribution is 5.95. The minimum absolute atomic E-state index is 0.207. The zero-order valence-electron chi connectivity index (χ0n) is 15.2. The Hall–Kier alpha value is -4.24. The number of rotatable bonds is 4. The molecular formula is C23H15N3O3. The third-order valence-corrected chi connectivity index (χ3v) is 4.71. The maximum atomic E-state index is 11.9. The predicted octanol–water partition coefficient (Wildman–Crippen LogP) is 4.20. The normalized spacial score (nSPS) is 11.7. The fraction of sp³-hybridized carbons (Fsp3) is 0.0435. The zero-order valence-corrected chi connectivity index (χ0v) is 15.2. The summed E-state index contributed by atoms with van der Waals surface area (Å²) in [6, 6.07) is 15.3. The summed E-state index contributed by atoms with van der Waals surface area (Å²) in [5.74, 6) is 1.81. The van der Waals surface area contributed by atoms with E-state index in [2.05, 4.69) is 16.1 Å². The standard InChI is InChI=1S/C23H15N3O3/c1-2-20(25-29)21-11-22(27)23(28)14-26(21)17-8-5-7-15(10-17)19-13-24-12-16-6-3-4-9-18(16)19/h1,3-14,20,28H. The Bertz CT molecular complexity index is 1330. The van der Waals surface area contributed by atoms with Gasteiger partial charge in [-0.3, -0.25) is 9.78 Å². The van der Waals surface area contributed by atoms with Crippen LogP contribution in [0.2, 0.25) is 0 Å². The molecule has 6 nitrogen and oxygen atoms in total. The summed E-state index contributed by atoms with van der Waals surface area (Å²) in [4.78, 5) is 27.4. The van der Waals surface area contributed by atoms with Crippen LogP contribution in [-0.2, 0) is 0 Å². The van der Waals surface area contributed by atoms with E-state index in [1.165, 1.54) is 10.8 Å². The van der Waals surface area contributed by atoms with Gasteiger partial charge in [-0.2, -0.15) is 0 Å². The first-order valence-electron chi connectivity index (χ1n) is 8.80. The highest BCUT2D eigenvalue weighted by atomic mass is 16.3. The van der Waals surface area contributed by atoms with Crippen LogP contribution in [-0.4, -0.2) is 14.7 Å². The third-order valence-electron chi connectivity index (χ3n) is 4.71.